The minimum atomic E-state index is -2.17. The van der Waals surface area contributed by atoms with Crippen LogP contribution in [-0.2, 0) is 33.8 Å². The third-order valence-corrected chi connectivity index (χ3v) is 10.0. The molecule has 31 nitrogen and oxygen atoms in total. The summed E-state index contributed by atoms with van der Waals surface area (Å²) in [6.45, 7) is -0.174. The Balaban J connectivity index is 1.47. The summed E-state index contributed by atoms with van der Waals surface area (Å²) in [7, 11) is 0. The van der Waals surface area contributed by atoms with Gasteiger partial charge in [-0.3, -0.25) is 28.8 Å². The number of hydrogen-bond acceptors (Lipinski definition) is 17. The van der Waals surface area contributed by atoms with Crippen molar-refractivity contribution in [2.75, 3.05) is 16.9 Å². The molecule has 0 radical (unpaired) electrons. The number of nitrogens with zero attached hydrogens (tertiary/aromatic N) is 7. The first kappa shape index (κ1) is 56.3. The van der Waals surface area contributed by atoms with Gasteiger partial charge in [0.1, 0.15) is 11.9 Å². The lowest BCUT2D eigenvalue weighted by molar-refractivity contribution is -0.215. The van der Waals surface area contributed by atoms with Crippen molar-refractivity contribution in [1.29, 1.82) is 0 Å². The van der Waals surface area contributed by atoms with E-state index in [-0.39, 0.29) is 23.8 Å². The second-order valence-corrected chi connectivity index (χ2v) is 15.6. The Bertz CT molecular complexity index is 3020. The van der Waals surface area contributed by atoms with Crippen LogP contribution in [0, 0.1) is 0 Å². The molecule has 6 atom stereocenters. The Labute approximate surface area is 430 Å². The van der Waals surface area contributed by atoms with Crippen molar-refractivity contribution in [3.05, 3.63) is 126 Å². The Morgan fingerprint density at radius 3 is 1.55 bits per heavy atom. The maximum atomic E-state index is 14.5. The minimum absolute atomic E-state index is 0.118. The number of benzene rings is 4. The first-order chi connectivity index (χ1) is 36.2. The van der Waals surface area contributed by atoms with Crippen LogP contribution in [0.3, 0.4) is 0 Å². The van der Waals surface area contributed by atoms with E-state index in [9.17, 15) is 33.9 Å². The summed E-state index contributed by atoms with van der Waals surface area (Å²) >= 11 is 0. The van der Waals surface area contributed by atoms with Crippen molar-refractivity contribution < 1.29 is 44.1 Å². The lowest BCUT2D eigenvalue weighted by Gasteiger charge is -2.30. The van der Waals surface area contributed by atoms with Crippen LogP contribution in [-0.4, -0.2) is 117 Å². The quantitative estimate of drug-likeness (QED) is 0.00906. The van der Waals surface area contributed by atoms with Crippen LogP contribution in [0.15, 0.2) is 135 Å². The number of guanidine groups is 4. The van der Waals surface area contributed by atoms with Crippen molar-refractivity contribution in [1.82, 2.24) is 36.6 Å². The van der Waals surface area contributed by atoms with Crippen LogP contribution in [0.1, 0.15) is 17.2 Å². The Hall–Kier alpha value is -10.7. The number of nitrogens with one attached hydrogen (secondary N) is 6. The van der Waals surface area contributed by atoms with Gasteiger partial charge in [0.15, 0.2) is 29.7 Å². The number of aliphatic hydroxyl groups is 1. The predicted octanol–water partition coefficient (Wildman–Crippen LogP) is -4.84. The second kappa shape index (κ2) is 26.7. The Morgan fingerprint density at radius 1 is 0.566 bits per heavy atom. The molecule has 1 heterocycles. The topological polar surface area (TPSA) is 537 Å². The fraction of sp³-hybridized carbons (Fsp3) is 0.156. The number of nitrogens with two attached hydrogens (primary N) is 9. The number of fused-ring (bicyclic) bond motifs is 1. The van der Waals surface area contributed by atoms with Crippen molar-refractivity contribution >= 4 is 87.8 Å². The van der Waals surface area contributed by atoms with E-state index in [2.05, 4.69) is 46.4 Å². The van der Waals surface area contributed by atoms with Gasteiger partial charge >= 0.3 is 0 Å². The van der Waals surface area contributed by atoms with E-state index in [0.717, 1.165) is 0 Å². The fourth-order valence-electron chi connectivity index (χ4n) is 6.71. The zero-order valence-electron chi connectivity index (χ0n) is 39.8. The predicted molar refractivity (Wildman–Crippen MR) is 279 cm³/mol. The number of carbonyl (C=O) groups is 6. The van der Waals surface area contributed by atoms with E-state index in [4.69, 9.17) is 66.8 Å². The molecule has 1 aromatic heterocycles. The average molecular weight is 1050 g/mol. The summed E-state index contributed by atoms with van der Waals surface area (Å²) in [6, 6.07) is 28.4. The molecule has 0 saturated carbocycles. The van der Waals surface area contributed by atoms with Crippen LogP contribution in [0.2, 0.25) is 0 Å². The molecule has 0 spiro atoms. The maximum Gasteiger partial charge on any atom is 0.271 e. The van der Waals surface area contributed by atoms with Gasteiger partial charge in [0, 0.05) is 17.5 Å². The molecule has 76 heavy (non-hydrogen) atoms. The van der Waals surface area contributed by atoms with Crippen molar-refractivity contribution in [3.8, 4) is 11.4 Å². The number of carbonyl (C=O) groups excluding carboxylic acids is 6. The average Bonchev–Trinajstić information content (AvgIpc) is 3.39. The number of hydrogen-bond donors (Lipinski definition) is 17. The van der Waals surface area contributed by atoms with Gasteiger partial charge in [-0.2, -0.15) is 0 Å². The number of amides is 6. The minimum Gasteiger partial charge on any atom is -0.370 e. The molecule has 0 saturated heterocycles. The number of para-hydroxylation sites is 1. The highest BCUT2D eigenvalue weighted by Crippen LogP contribution is 2.29. The van der Waals surface area contributed by atoms with Gasteiger partial charge in [-0.15, -0.1) is 4.99 Å². The molecule has 0 bridgehead atoms. The number of aliphatic imine (C=N–C) groups is 4. The molecule has 6 amide bonds. The van der Waals surface area contributed by atoms with Crippen molar-refractivity contribution in [3.63, 3.8) is 0 Å². The molecule has 0 aliphatic carbocycles. The number of primary amides is 1. The standard InChI is InChI=1S/C45H54N22O9/c46-29(68)31(62-42(47)48)58-37(70)33(64-44(51)52)60-39(72)34(65-45(53)54)61-38(71)32(63-43(49)50)59-36(69)28(23-11-3-1-4-12-23)56-40(73)41(74)67(21-9-10-22-17-19-25(20-18-22)66-76-75)35-26-15-7-8-16-27(26)55-30(57-35)24-13-5-2-6-14-24/h1-20,28,31-34,41,66,74-75H,21H2,(H2,46,68)(H,56,73)(H,58,70)(H,59,69)(H,60,72)(H,61,71)(H4,47,48,62)(H4,49,50,63)(H4,51,52,64)(H4,53,54,65). The third kappa shape index (κ3) is 16.2. The fourth-order valence-corrected chi connectivity index (χ4v) is 6.71. The molecule has 31 heteroatoms. The normalized spacial score (nSPS) is 13.1. The molecule has 398 valence electrons. The lowest BCUT2D eigenvalue weighted by atomic mass is 10.1. The maximum absolute atomic E-state index is 14.5. The zero-order chi connectivity index (χ0) is 55.5. The Kier molecular flexibility index (Phi) is 19.8. The van der Waals surface area contributed by atoms with Crippen molar-refractivity contribution in [2.24, 2.45) is 71.6 Å². The van der Waals surface area contributed by atoms with Gasteiger partial charge in [-0.05, 0) is 35.4 Å². The number of anilines is 2. The summed E-state index contributed by atoms with van der Waals surface area (Å²) in [4.78, 5) is 111. The van der Waals surface area contributed by atoms with Gasteiger partial charge < -0.3 is 88.2 Å². The first-order valence-corrected chi connectivity index (χ1v) is 22.1. The lowest BCUT2D eigenvalue weighted by Crippen LogP contribution is -2.58. The second-order valence-electron chi connectivity index (χ2n) is 15.6. The molecule has 0 aliphatic rings. The molecule has 4 aromatic carbocycles. The molecule has 0 aliphatic heterocycles. The van der Waals surface area contributed by atoms with E-state index >= 15 is 0 Å². The van der Waals surface area contributed by atoms with Crippen LogP contribution in [0.5, 0.6) is 0 Å². The Morgan fingerprint density at radius 2 is 1.04 bits per heavy atom. The highest BCUT2D eigenvalue weighted by atomic mass is 17.2. The van der Waals surface area contributed by atoms with Gasteiger partial charge in [-0.1, -0.05) is 97.1 Å². The van der Waals surface area contributed by atoms with E-state index in [1.807, 2.05) is 16.7 Å². The number of aromatic nitrogens is 2. The van der Waals surface area contributed by atoms with Crippen LogP contribution in [0.4, 0.5) is 11.5 Å². The van der Waals surface area contributed by atoms with Crippen molar-refractivity contribution in [2.45, 2.75) is 36.9 Å². The summed E-state index contributed by atoms with van der Waals surface area (Å²) in [6.07, 6.45) is -7.03. The van der Waals surface area contributed by atoms with Crippen LogP contribution in [0.25, 0.3) is 28.4 Å². The van der Waals surface area contributed by atoms with Gasteiger partial charge in [-0.25, -0.2) is 40.7 Å². The molecule has 5 aromatic rings. The van der Waals surface area contributed by atoms with Gasteiger partial charge in [0.05, 0.1) is 11.2 Å². The van der Waals surface area contributed by atoms with E-state index in [1.165, 1.54) is 29.2 Å². The first-order valence-electron chi connectivity index (χ1n) is 22.1. The SMILES string of the molecule is NC(=O)C(N=C(N)N)NC(=O)C(N=C(N)N)NC(=O)C(N=C(N)N)NC(=O)C(N=C(N)N)NC(=O)C(NC(=O)C(O)N(CC=Cc1ccc(NOO)cc1)c1nc(-c2ccccc2)nc2ccccc12)c1ccccc1. The van der Waals surface area contributed by atoms with E-state index in [1.54, 1.807) is 91.0 Å². The molecular formula is C45H54N22O9. The number of rotatable bonds is 24. The van der Waals surface area contributed by atoms with Gasteiger partial charge in [0.25, 0.3) is 29.5 Å². The monoisotopic (exact) mass is 1050 g/mol. The third-order valence-electron chi connectivity index (χ3n) is 10.0. The molecular weight excluding hydrogens is 993 g/mol. The summed E-state index contributed by atoms with van der Waals surface area (Å²) in [5.41, 5.74) is 53.8. The molecule has 5 rings (SSSR count). The smallest absolute Gasteiger partial charge is 0.271 e. The summed E-state index contributed by atoms with van der Waals surface area (Å²) in [5.74, 6) is -10.2. The highest BCUT2D eigenvalue weighted by Gasteiger charge is 2.35. The zero-order valence-corrected chi connectivity index (χ0v) is 39.8. The van der Waals surface area contributed by atoms with Gasteiger partial charge in [0.2, 0.25) is 36.8 Å². The van der Waals surface area contributed by atoms with E-state index < -0.39 is 96.2 Å². The number of aliphatic hydroxyl groups excluding tert-OH is 1. The largest absolute Gasteiger partial charge is 0.370 e. The summed E-state index contributed by atoms with van der Waals surface area (Å²) < 4.78 is 0. The molecule has 6 unspecified atom stereocenters. The van der Waals surface area contributed by atoms with E-state index in [0.29, 0.717) is 27.7 Å². The molecule has 0 fully saturated rings. The van der Waals surface area contributed by atoms with Crippen LogP contribution >= 0.6 is 0 Å². The highest BCUT2D eigenvalue weighted by molar-refractivity contribution is 6.00. The molecule has 26 N–H and O–H groups in total. The van der Waals surface area contributed by atoms with Crippen LogP contribution < -0.4 is 88.6 Å². The summed E-state index contributed by atoms with van der Waals surface area (Å²) in [5, 5.41) is 32.3.